The van der Waals surface area contributed by atoms with Crippen LogP contribution in [0.15, 0.2) is 23.3 Å². The van der Waals surface area contributed by atoms with E-state index in [4.69, 9.17) is 0 Å². The van der Waals surface area contributed by atoms with Crippen molar-refractivity contribution >= 4 is 11.7 Å². The molecule has 0 spiro atoms. The van der Waals surface area contributed by atoms with Crippen molar-refractivity contribution in [3.63, 3.8) is 0 Å². The lowest BCUT2D eigenvalue weighted by atomic mass is 10.4. The van der Waals surface area contributed by atoms with Crippen LogP contribution in [0.1, 0.15) is 17.4 Å². The van der Waals surface area contributed by atoms with Gasteiger partial charge in [-0.15, -0.1) is 0 Å². The van der Waals surface area contributed by atoms with Crippen LogP contribution in [0.25, 0.3) is 5.78 Å². The van der Waals surface area contributed by atoms with Crippen molar-refractivity contribution in [2.24, 2.45) is 0 Å². The molecule has 6 nitrogen and oxygen atoms in total. The Bertz CT molecular complexity index is 597. The number of methoxy groups -OCH3 is 1. The molecule has 2 aromatic heterocycles. The Kier molecular flexibility index (Phi) is 2.47. The van der Waals surface area contributed by atoms with Gasteiger partial charge in [-0.1, -0.05) is 0 Å². The van der Waals surface area contributed by atoms with Gasteiger partial charge in [-0.2, -0.15) is 0 Å². The van der Waals surface area contributed by atoms with Gasteiger partial charge in [0.25, 0.3) is 5.56 Å². The van der Waals surface area contributed by atoms with E-state index >= 15 is 0 Å². The predicted molar refractivity (Wildman–Crippen MR) is 56.5 cm³/mol. The number of carbonyl (C=O) groups excluding carboxylic acids is 1. The molecule has 0 aliphatic heterocycles. The number of hydrogen-bond donors (Lipinski definition) is 0. The number of fused-ring (bicyclic) bond motifs is 1. The summed E-state index contributed by atoms with van der Waals surface area (Å²) in [5.74, 6) is -0.168. The molecule has 2 rings (SSSR count). The summed E-state index contributed by atoms with van der Waals surface area (Å²) in [6.45, 7) is 2.60. The molecule has 0 saturated carbocycles. The highest BCUT2D eigenvalue weighted by atomic mass is 16.5. The van der Waals surface area contributed by atoms with Crippen molar-refractivity contribution in [3.05, 3.63) is 34.5 Å². The van der Waals surface area contributed by atoms with Crippen molar-refractivity contribution in [3.8, 4) is 0 Å². The summed E-state index contributed by atoms with van der Waals surface area (Å²) in [6.07, 6.45) is 3.36. The number of aromatic nitrogens is 3. The van der Waals surface area contributed by atoms with Crippen LogP contribution >= 0.6 is 0 Å². The molecule has 0 N–H and O–H groups in total. The summed E-state index contributed by atoms with van der Waals surface area (Å²) in [4.78, 5) is 27.0. The maximum atomic E-state index is 11.7. The summed E-state index contributed by atoms with van der Waals surface area (Å²) in [7, 11) is 1.25. The minimum Gasteiger partial charge on any atom is -0.464 e. The fourth-order valence-electron chi connectivity index (χ4n) is 1.49. The van der Waals surface area contributed by atoms with Crippen molar-refractivity contribution in [1.82, 2.24) is 14.0 Å². The molecule has 0 bridgehead atoms. The van der Waals surface area contributed by atoms with Crippen LogP contribution in [-0.2, 0) is 11.3 Å². The molecule has 6 heteroatoms. The summed E-state index contributed by atoms with van der Waals surface area (Å²) >= 11 is 0. The summed E-state index contributed by atoms with van der Waals surface area (Å²) < 4.78 is 7.69. The lowest BCUT2D eigenvalue weighted by Gasteiger charge is -2.01. The molecule has 0 amide bonds. The van der Waals surface area contributed by atoms with Gasteiger partial charge in [-0.25, -0.2) is 9.78 Å². The SMILES string of the molecule is CCn1ccn2c(=O)cc(C(=O)OC)nc12. The topological polar surface area (TPSA) is 65.6 Å². The van der Waals surface area contributed by atoms with Gasteiger partial charge in [0, 0.05) is 25.0 Å². The second-order valence-corrected chi connectivity index (χ2v) is 3.23. The first-order valence-corrected chi connectivity index (χ1v) is 4.84. The van der Waals surface area contributed by atoms with Crippen LogP contribution < -0.4 is 5.56 Å². The summed E-state index contributed by atoms with van der Waals surface area (Å²) in [5.41, 5.74) is -0.265. The number of hydrogen-bond acceptors (Lipinski definition) is 4. The van der Waals surface area contributed by atoms with Crippen LogP contribution in [0, 0.1) is 0 Å². The van der Waals surface area contributed by atoms with E-state index in [9.17, 15) is 9.59 Å². The Balaban J connectivity index is 2.73. The molecule has 0 radical (unpaired) electrons. The molecule has 0 saturated heterocycles. The Morgan fingerprint density at radius 3 is 2.88 bits per heavy atom. The average molecular weight is 221 g/mol. The zero-order valence-electron chi connectivity index (χ0n) is 9.01. The molecule has 2 heterocycles. The number of esters is 1. The van der Waals surface area contributed by atoms with E-state index in [0.717, 1.165) is 0 Å². The normalized spacial score (nSPS) is 10.6. The van der Waals surface area contributed by atoms with Gasteiger partial charge in [0.05, 0.1) is 7.11 Å². The maximum Gasteiger partial charge on any atom is 0.357 e. The standard InChI is InChI=1S/C10H11N3O3/c1-3-12-4-5-13-8(14)6-7(9(15)16-2)11-10(12)13/h4-6H,3H2,1-2H3. The molecule has 0 aliphatic carbocycles. The fraction of sp³-hybridized carbons (Fsp3) is 0.300. The van der Waals surface area contributed by atoms with E-state index < -0.39 is 5.97 Å². The van der Waals surface area contributed by atoms with E-state index in [1.807, 2.05) is 6.92 Å². The smallest absolute Gasteiger partial charge is 0.357 e. The second kappa shape index (κ2) is 3.80. The largest absolute Gasteiger partial charge is 0.464 e. The van der Waals surface area contributed by atoms with E-state index in [1.165, 1.54) is 17.6 Å². The maximum absolute atomic E-state index is 11.7. The van der Waals surface area contributed by atoms with Crippen LogP contribution in [0.5, 0.6) is 0 Å². The number of nitrogens with zero attached hydrogens (tertiary/aromatic N) is 3. The van der Waals surface area contributed by atoms with Crippen molar-refractivity contribution in [1.29, 1.82) is 0 Å². The van der Waals surface area contributed by atoms with E-state index in [0.29, 0.717) is 12.3 Å². The van der Waals surface area contributed by atoms with Gasteiger partial charge in [0.1, 0.15) is 0 Å². The van der Waals surface area contributed by atoms with Gasteiger partial charge < -0.3 is 9.30 Å². The third kappa shape index (κ3) is 1.48. The molecule has 2 aromatic rings. The monoisotopic (exact) mass is 221 g/mol. The highest BCUT2D eigenvalue weighted by Crippen LogP contribution is 2.02. The zero-order chi connectivity index (χ0) is 11.7. The third-order valence-corrected chi connectivity index (χ3v) is 2.32. The summed E-state index contributed by atoms with van der Waals surface area (Å²) in [5, 5.41) is 0. The molecular formula is C10H11N3O3. The molecule has 0 unspecified atom stereocenters. The quantitative estimate of drug-likeness (QED) is 0.684. The fourth-order valence-corrected chi connectivity index (χ4v) is 1.49. The first-order chi connectivity index (χ1) is 7.67. The Hall–Kier alpha value is -2.11. The number of ether oxygens (including phenoxy) is 1. The number of aryl methyl sites for hydroxylation is 1. The van der Waals surface area contributed by atoms with Gasteiger partial charge >= 0.3 is 5.97 Å². The first kappa shape index (κ1) is 10.4. The lowest BCUT2D eigenvalue weighted by Crippen LogP contribution is -2.18. The van der Waals surface area contributed by atoms with Crippen LogP contribution in [0.3, 0.4) is 0 Å². The first-order valence-electron chi connectivity index (χ1n) is 4.84. The van der Waals surface area contributed by atoms with Crippen LogP contribution in [0.4, 0.5) is 0 Å². The number of imidazole rings is 1. The van der Waals surface area contributed by atoms with Crippen LogP contribution in [0.2, 0.25) is 0 Å². The van der Waals surface area contributed by atoms with E-state index in [1.54, 1.807) is 17.0 Å². The second-order valence-electron chi connectivity index (χ2n) is 3.23. The highest BCUT2D eigenvalue weighted by molar-refractivity contribution is 5.87. The number of rotatable bonds is 2. The lowest BCUT2D eigenvalue weighted by molar-refractivity contribution is 0.0594. The van der Waals surface area contributed by atoms with Gasteiger partial charge in [0.15, 0.2) is 5.69 Å². The Morgan fingerprint density at radius 1 is 1.50 bits per heavy atom. The molecule has 0 aromatic carbocycles. The number of carbonyl (C=O) groups is 1. The van der Waals surface area contributed by atoms with Crippen molar-refractivity contribution in [2.45, 2.75) is 13.5 Å². The van der Waals surface area contributed by atoms with Gasteiger partial charge in [-0.3, -0.25) is 9.20 Å². The van der Waals surface area contributed by atoms with E-state index in [2.05, 4.69) is 9.72 Å². The average Bonchev–Trinajstić information content (AvgIpc) is 2.71. The van der Waals surface area contributed by atoms with Crippen LogP contribution in [-0.4, -0.2) is 27.0 Å². The molecule has 0 aliphatic rings. The third-order valence-electron chi connectivity index (χ3n) is 2.32. The molecular weight excluding hydrogens is 210 g/mol. The molecule has 16 heavy (non-hydrogen) atoms. The predicted octanol–water partition coefficient (Wildman–Crippen LogP) is 0.302. The van der Waals surface area contributed by atoms with Gasteiger partial charge in [0.2, 0.25) is 5.78 Å². The molecule has 84 valence electrons. The van der Waals surface area contributed by atoms with E-state index in [-0.39, 0.29) is 11.3 Å². The molecule has 0 fully saturated rings. The summed E-state index contributed by atoms with van der Waals surface area (Å²) in [6, 6.07) is 1.17. The zero-order valence-corrected chi connectivity index (χ0v) is 9.01. The Morgan fingerprint density at radius 2 is 2.25 bits per heavy atom. The highest BCUT2D eigenvalue weighted by Gasteiger charge is 2.12. The van der Waals surface area contributed by atoms with Crippen molar-refractivity contribution < 1.29 is 9.53 Å². The molecule has 0 atom stereocenters. The minimum atomic E-state index is -0.608. The van der Waals surface area contributed by atoms with Gasteiger partial charge in [-0.05, 0) is 6.92 Å². The minimum absolute atomic E-state index is 0.0286. The Labute approximate surface area is 91.1 Å². The van der Waals surface area contributed by atoms with Crippen molar-refractivity contribution in [2.75, 3.05) is 7.11 Å².